The first-order valence-corrected chi connectivity index (χ1v) is 14.3. The maximum Gasteiger partial charge on any atom is 0.264 e. The second-order valence-electron chi connectivity index (χ2n) is 9.49. The highest BCUT2D eigenvalue weighted by molar-refractivity contribution is 7.92. The van der Waals surface area contributed by atoms with Crippen LogP contribution in [0.3, 0.4) is 0 Å². The Kier molecular flexibility index (Phi) is 9.99. The van der Waals surface area contributed by atoms with Gasteiger partial charge in [0.05, 0.1) is 17.7 Å². The number of ether oxygens (including phenoxy) is 1. The van der Waals surface area contributed by atoms with Crippen LogP contribution in [0.1, 0.15) is 31.9 Å². The van der Waals surface area contributed by atoms with E-state index in [1.54, 1.807) is 67.6 Å². The molecular weight excluding hydrogens is 538 g/mol. The Morgan fingerprint density at radius 2 is 1.64 bits per heavy atom. The number of hydrogen-bond donors (Lipinski definition) is 1. The molecule has 0 heterocycles. The van der Waals surface area contributed by atoms with Gasteiger partial charge in [0.15, 0.2) is 0 Å². The predicted octanol–water partition coefficient (Wildman–Crippen LogP) is 4.79. The van der Waals surface area contributed by atoms with Crippen molar-refractivity contribution in [2.45, 2.75) is 51.2 Å². The van der Waals surface area contributed by atoms with Gasteiger partial charge in [-0.15, -0.1) is 0 Å². The summed E-state index contributed by atoms with van der Waals surface area (Å²) in [5.74, 6) is -0.637. The van der Waals surface area contributed by atoms with Gasteiger partial charge >= 0.3 is 0 Å². The van der Waals surface area contributed by atoms with Gasteiger partial charge in [0.25, 0.3) is 10.0 Å². The molecule has 0 spiro atoms. The Morgan fingerprint density at radius 3 is 2.26 bits per heavy atom. The number of nitrogens with one attached hydrogen (secondary N) is 1. The molecule has 0 radical (unpaired) electrons. The Labute approximate surface area is 235 Å². The summed E-state index contributed by atoms with van der Waals surface area (Å²) in [6.07, 6.45) is 0. The number of anilines is 1. The average Bonchev–Trinajstić information content (AvgIpc) is 2.89. The second-order valence-corrected chi connectivity index (χ2v) is 11.8. The number of benzene rings is 3. The smallest absolute Gasteiger partial charge is 0.264 e. The molecular formula is C29H34ClN3O5S. The molecule has 3 rings (SSSR count). The number of hydrogen-bond acceptors (Lipinski definition) is 5. The molecule has 2 amide bonds. The van der Waals surface area contributed by atoms with Crippen molar-refractivity contribution in [3.05, 3.63) is 88.9 Å². The average molecular weight is 572 g/mol. The van der Waals surface area contributed by atoms with E-state index in [2.05, 4.69) is 5.32 Å². The summed E-state index contributed by atoms with van der Waals surface area (Å²) >= 11 is 6.17. The fourth-order valence-electron chi connectivity index (χ4n) is 4.01. The molecule has 0 aromatic heterocycles. The van der Waals surface area contributed by atoms with Crippen LogP contribution in [0.25, 0.3) is 0 Å². The molecule has 10 heteroatoms. The summed E-state index contributed by atoms with van der Waals surface area (Å²) in [7, 11) is -2.76. The first kappa shape index (κ1) is 30.0. The largest absolute Gasteiger partial charge is 0.495 e. The lowest BCUT2D eigenvalue weighted by atomic mass is 10.1. The number of amides is 2. The van der Waals surface area contributed by atoms with E-state index < -0.39 is 28.5 Å². The highest BCUT2D eigenvalue weighted by Gasteiger charge is 2.33. The standard InChI is InChI=1S/C29H34ClN3O5S/c1-20(2)31-29(35)22(4)32(18-23-9-8-10-24(30)17-23)28(34)19-33(26-11-6-7-12-27(26)38-5)39(36,37)25-15-13-21(3)14-16-25/h6-17,20,22H,18-19H2,1-5H3,(H,31,35)/t22-/m0/s1. The van der Waals surface area contributed by atoms with Crippen LogP contribution in [0.5, 0.6) is 5.75 Å². The molecule has 0 aliphatic heterocycles. The van der Waals surface area contributed by atoms with Gasteiger partial charge in [-0.1, -0.05) is 53.6 Å². The molecule has 0 aliphatic carbocycles. The van der Waals surface area contributed by atoms with E-state index in [1.807, 2.05) is 20.8 Å². The number of methoxy groups -OCH3 is 1. The molecule has 1 N–H and O–H groups in total. The highest BCUT2D eigenvalue weighted by atomic mass is 35.5. The lowest BCUT2D eigenvalue weighted by Crippen LogP contribution is -2.52. The van der Waals surface area contributed by atoms with E-state index in [-0.39, 0.29) is 34.8 Å². The summed E-state index contributed by atoms with van der Waals surface area (Å²) in [5.41, 5.74) is 1.80. The number of para-hydroxylation sites is 2. The predicted molar refractivity (Wildman–Crippen MR) is 153 cm³/mol. The molecule has 0 unspecified atom stereocenters. The van der Waals surface area contributed by atoms with E-state index in [0.29, 0.717) is 10.6 Å². The number of nitrogens with zero attached hydrogens (tertiary/aromatic N) is 2. The van der Waals surface area contributed by atoms with Crippen LogP contribution < -0.4 is 14.4 Å². The minimum Gasteiger partial charge on any atom is -0.495 e. The highest BCUT2D eigenvalue weighted by Crippen LogP contribution is 2.32. The lowest BCUT2D eigenvalue weighted by molar-refractivity contribution is -0.139. The zero-order valence-electron chi connectivity index (χ0n) is 22.7. The monoisotopic (exact) mass is 571 g/mol. The van der Waals surface area contributed by atoms with Crippen LogP contribution in [0, 0.1) is 6.92 Å². The minimum atomic E-state index is -4.19. The van der Waals surface area contributed by atoms with Gasteiger partial charge in [0.1, 0.15) is 18.3 Å². The van der Waals surface area contributed by atoms with E-state index in [1.165, 1.54) is 24.1 Å². The van der Waals surface area contributed by atoms with Gasteiger partial charge in [-0.3, -0.25) is 13.9 Å². The molecule has 3 aromatic rings. The van der Waals surface area contributed by atoms with Gasteiger partial charge in [-0.2, -0.15) is 0 Å². The van der Waals surface area contributed by atoms with E-state index in [0.717, 1.165) is 9.87 Å². The molecule has 39 heavy (non-hydrogen) atoms. The van der Waals surface area contributed by atoms with Crippen LogP contribution in [-0.2, 0) is 26.2 Å². The number of sulfonamides is 1. The minimum absolute atomic E-state index is 0.0267. The van der Waals surface area contributed by atoms with Gasteiger partial charge in [0, 0.05) is 17.6 Å². The van der Waals surface area contributed by atoms with Crippen LogP contribution in [-0.4, -0.2) is 50.9 Å². The van der Waals surface area contributed by atoms with E-state index >= 15 is 0 Å². The van der Waals surface area contributed by atoms with Crippen molar-refractivity contribution < 1.29 is 22.7 Å². The first-order valence-electron chi connectivity index (χ1n) is 12.5. The maximum absolute atomic E-state index is 13.9. The Hall–Kier alpha value is -3.56. The molecule has 208 valence electrons. The van der Waals surface area contributed by atoms with Crippen molar-refractivity contribution in [2.75, 3.05) is 18.0 Å². The van der Waals surface area contributed by atoms with Crippen molar-refractivity contribution in [3.8, 4) is 5.75 Å². The molecule has 0 bridgehead atoms. The summed E-state index contributed by atoms with van der Waals surface area (Å²) in [6, 6.07) is 18.9. The van der Waals surface area contributed by atoms with Gasteiger partial charge < -0.3 is 15.0 Å². The first-order chi connectivity index (χ1) is 18.4. The fourth-order valence-corrected chi connectivity index (χ4v) is 5.64. The molecule has 0 fully saturated rings. The Bertz CT molecular complexity index is 1410. The van der Waals surface area contributed by atoms with E-state index in [4.69, 9.17) is 16.3 Å². The van der Waals surface area contributed by atoms with Gasteiger partial charge in [-0.25, -0.2) is 8.42 Å². The van der Waals surface area contributed by atoms with Crippen molar-refractivity contribution in [1.29, 1.82) is 0 Å². The zero-order valence-corrected chi connectivity index (χ0v) is 24.3. The van der Waals surface area contributed by atoms with Crippen molar-refractivity contribution in [3.63, 3.8) is 0 Å². The third-order valence-corrected chi connectivity index (χ3v) is 8.09. The summed E-state index contributed by atoms with van der Waals surface area (Å²) in [6.45, 7) is 6.61. The third-order valence-electron chi connectivity index (χ3n) is 6.08. The zero-order chi connectivity index (χ0) is 28.7. The van der Waals surface area contributed by atoms with Crippen LogP contribution in [0.4, 0.5) is 5.69 Å². The molecule has 0 saturated heterocycles. The molecule has 3 aromatic carbocycles. The number of carbonyl (C=O) groups is 2. The summed E-state index contributed by atoms with van der Waals surface area (Å²) in [5, 5.41) is 3.31. The second kappa shape index (κ2) is 13.0. The fraction of sp³-hybridized carbons (Fsp3) is 0.310. The van der Waals surface area contributed by atoms with Crippen molar-refractivity contribution >= 4 is 39.1 Å². The SMILES string of the molecule is COc1ccccc1N(CC(=O)N(Cc1cccc(Cl)c1)[C@@H](C)C(=O)NC(C)C)S(=O)(=O)c1ccc(C)cc1. The topological polar surface area (TPSA) is 96.0 Å². The molecule has 1 atom stereocenters. The summed E-state index contributed by atoms with van der Waals surface area (Å²) < 4.78 is 34.3. The number of carbonyl (C=O) groups excluding carboxylic acids is 2. The van der Waals surface area contributed by atoms with Crippen LogP contribution >= 0.6 is 11.6 Å². The molecule has 0 aliphatic rings. The third kappa shape index (κ3) is 7.52. The van der Waals surface area contributed by atoms with Crippen molar-refractivity contribution in [2.24, 2.45) is 0 Å². The van der Waals surface area contributed by atoms with Gasteiger partial charge in [-0.05, 0) is 69.7 Å². The molecule has 8 nitrogen and oxygen atoms in total. The van der Waals surface area contributed by atoms with Crippen LogP contribution in [0.15, 0.2) is 77.7 Å². The summed E-state index contributed by atoms with van der Waals surface area (Å²) in [4.78, 5) is 28.3. The maximum atomic E-state index is 13.9. The van der Waals surface area contributed by atoms with E-state index in [9.17, 15) is 18.0 Å². The van der Waals surface area contributed by atoms with Gasteiger partial charge in [0.2, 0.25) is 11.8 Å². The molecule has 0 saturated carbocycles. The number of halogens is 1. The lowest BCUT2D eigenvalue weighted by Gasteiger charge is -2.32. The number of rotatable bonds is 11. The van der Waals surface area contributed by atoms with Crippen molar-refractivity contribution in [1.82, 2.24) is 10.2 Å². The number of aryl methyl sites for hydroxylation is 1. The normalized spacial score (nSPS) is 12.1. The quantitative estimate of drug-likeness (QED) is 0.357. The Balaban J connectivity index is 2.07. The Morgan fingerprint density at radius 1 is 0.974 bits per heavy atom. The van der Waals surface area contributed by atoms with Crippen LogP contribution in [0.2, 0.25) is 5.02 Å².